The topological polar surface area (TPSA) is 90.0 Å². The molecule has 0 aromatic heterocycles. The number of halogens is 2. The highest BCUT2D eigenvalue weighted by Crippen LogP contribution is 2.42. The Bertz CT molecular complexity index is 961. The molecule has 1 aromatic rings. The summed E-state index contributed by atoms with van der Waals surface area (Å²) in [5, 5.41) is 3.02. The summed E-state index contributed by atoms with van der Waals surface area (Å²) in [6.45, 7) is 3.19. The smallest absolute Gasteiger partial charge is 0.323 e. The summed E-state index contributed by atoms with van der Waals surface area (Å²) in [5.41, 5.74) is -0.814. The molecule has 158 valence electrons. The summed E-state index contributed by atoms with van der Waals surface area (Å²) in [6, 6.07) is 4.13. The van der Waals surface area contributed by atoms with Crippen LogP contribution < -0.4 is 5.32 Å². The van der Waals surface area contributed by atoms with Crippen molar-refractivity contribution in [2.24, 2.45) is 5.92 Å². The van der Waals surface area contributed by atoms with Gasteiger partial charge in [0.2, 0.25) is 10.0 Å². The molecule has 3 aliphatic rings. The Morgan fingerprint density at radius 2 is 1.79 bits per heavy atom. The van der Waals surface area contributed by atoms with Crippen LogP contribution >= 0.6 is 23.2 Å². The summed E-state index contributed by atoms with van der Waals surface area (Å²) in [6.07, 6.45) is 1.89. The van der Waals surface area contributed by atoms with E-state index in [1.165, 1.54) is 21.3 Å². The van der Waals surface area contributed by atoms with Crippen LogP contribution in [-0.2, 0) is 14.8 Å². The van der Waals surface area contributed by atoms with Crippen molar-refractivity contribution in [1.82, 2.24) is 19.4 Å². The molecule has 0 bridgehead atoms. The summed E-state index contributed by atoms with van der Waals surface area (Å²) in [4.78, 5) is 28.2. The van der Waals surface area contributed by atoms with Crippen LogP contribution in [0.5, 0.6) is 0 Å². The zero-order valence-electron chi connectivity index (χ0n) is 15.9. The third kappa shape index (κ3) is 3.63. The third-order valence-corrected chi connectivity index (χ3v) is 8.77. The largest absolute Gasteiger partial charge is 0.326 e. The first-order valence-corrected chi connectivity index (χ1v) is 11.6. The lowest BCUT2D eigenvalue weighted by Gasteiger charge is -2.35. The lowest BCUT2D eigenvalue weighted by molar-refractivity contribution is -0.133. The van der Waals surface area contributed by atoms with Gasteiger partial charge >= 0.3 is 6.03 Å². The lowest BCUT2D eigenvalue weighted by atomic mass is 9.96. The monoisotopic (exact) mass is 460 g/mol. The van der Waals surface area contributed by atoms with E-state index in [0.717, 1.165) is 12.8 Å². The van der Waals surface area contributed by atoms with Crippen molar-refractivity contribution in [3.8, 4) is 0 Å². The van der Waals surface area contributed by atoms with Gasteiger partial charge in [-0.05, 0) is 37.8 Å². The van der Waals surface area contributed by atoms with E-state index in [4.69, 9.17) is 23.2 Å². The summed E-state index contributed by atoms with van der Waals surface area (Å²) in [5.74, 6) is -0.000791. The Kier molecular flexibility index (Phi) is 5.31. The van der Waals surface area contributed by atoms with E-state index < -0.39 is 15.6 Å². The molecule has 0 unspecified atom stereocenters. The third-order valence-electron chi connectivity index (χ3n) is 5.90. The number of carbonyl (C=O) groups excluding carboxylic acids is 2. The van der Waals surface area contributed by atoms with Crippen LogP contribution in [0.1, 0.15) is 19.8 Å². The fourth-order valence-corrected chi connectivity index (χ4v) is 6.07. The quantitative estimate of drug-likeness (QED) is 0.678. The first-order valence-electron chi connectivity index (χ1n) is 9.45. The zero-order valence-corrected chi connectivity index (χ0v) is 18.2. The maximum Gasteiger partial charge on any atom is 0.326 e. The SMILES string of the molecule is C[C@@]1(C2CC2)NC(=O)N(CN2CCN(S(=O)(=O)c3cccc(Cl)c3Cl)CC2)C1=O. The molecule has 3 fully saturated rings. The standard InChI is InChI=1S/C18H22Cl2N4O4S/c1-18(12-5-6-12)16(25)24(17(26)21-18)11-22-7-9-23(10-8-22)29(27,28)14-4-2-3-13(19)15(14)20/h2-4,12H,5-11H2,1H3,(H,21,26)/t18-/m0/s1. The fourth-order valence-electron chi connectivity index (χ4n) is 3.92. The molecule has 1 N–H and O–H groups in total. The van der Waals surface area contributed by atoms with Crippen LogP contribution in [0.2, 0.25) is 10.0 Å². The Morgan fingerprint density at radius 3 is 2.41 bits per heavy atom. The first kappa shape index (κ1) is 20.9. The number of imide groups is 1. The van der Waals surface area contributed by atoms with Gasteiger partial charge in [-0.1, -0.05) is 29.3 Å². The van der Waals surface area contributed by atoms with Gasteiger partial charge in [-0.25, -0.2) is 18.1 Å². The van der Waals surface area contributed by atoms with Crippen LogP contribution in [0.25, 0.3) is 0 Å². The van der Waals surface area contributed by atoms with Crippen molar-refractivity contribution in [1.29, 1.82) is 0 Å². The maximum atomic E-state index is 12.9. The van der Waals surface area contributed by atoms with Crippen LogP contribution in [0.15, 0.2) is 23.1 Å². The second-order valence-electron chi connectivity index (χ2n) is 7.86. The predicted octanol–water partition coefficient (Wildman–Crippen LogP) is 1.98. The molecule has 0 radical (unpaired) electrons. The molecule has 1 aromatic carbocycles. The number of rotatable bonds is 5. The van der Waals surface area contributed by atoms with Crippen molar-refractivity contribution in [3.05, 3.63) is 28.2 Å². The van der Waals surface area contributed by atoms with Crippen LogP contribution in [0.3, 0.4) is 0 Å². The van der Waals surface area contributed by atoms with Gasteiger partial charge in [-0.3, -0.25) is 9.69 Å². The van der Waals surface area contributed by atoms with Crippen molar-refractivity contribution in [2.75, 3.05) is 32.8 Å². The molecule has 1 saturated carbocycles. The van der Waals surface area contributed by atoms with E-state index in [9.17, 15) is 18.0 Å². The van der Waals surface area contributed by atoms with Gasteiger partial charge in [0.1, 0.15) is 10.4 Å². The minimum atomic E-state index is -3.78. The van der Waals surface area contributed by atoms with Crippen molar-refractivity contribution < 1.29 is 18.0 Å². The van der Waals surface area contributed by atoms with Crippen molar-refractivity contribution >= 4 is 45.2 Å². The molecule has 1 atom stereocenters. The average Bonchev–Trinajstić information content (AvgIpc) is 3.50. The van der Waals surface area contributed by atoms with E-state index >= 15 is 0 Å². The van der Waals surface area contributed by atoms with Crippen LogP contribution in [0, 0.1) is 5.92 Å². The van der Waals surface area contributed by atoms with E-state index in [0.29, 0.717) is 13.1 Å². The van der Waals surface area contributed by atoms with Gasteiger partial charge < -0.3 is 5.32 Å². The van der Waals surface area contributed by atoms with Gasteiger partial charge in [0.05, 0.1) is 16.7 Å². The lowest BCUT2D eigenvalue weighted by Crippen LogP contribution is -2.53. The highest BCUT2D eigenvalue weighted by molar-refractivity contribution is 7.89. The second-order valence-corrected chi connectivity index (χ2v) is 10.5. The average molecular weight is 461 g/mol. The first-order chi connectivity index (χ1) is 13.6. The Hall–Kier alpha value is -1.39. The van der Waals surface area contributed by atoms with E-state index in [2.05, 4.69) is 5.32 Å². The molecule has 11 heteroatoms. The maximum absolute atomic E-state index is 12.9. The van der Waals surface area contributed by atoms with Gasteiger partial charge in [0, 0.05) is 26.2 Å². The second kappa shape index (κ2) is 7.39. The fraction of sp³-hybridized carbons (Fsp3) is 0.556. The van der Waals surface area contributed by atoms with Gasteiger partial charge in [-0.2, -0.15) is 4.31 Å². The summed E-state index contributed by atoms with van der Waals surface area (Å²) >= 11 is 12.0. The normalized spacial score (nSPS) is 26.8. The summed E-state index contributed by atoms with van der Waals surface area (Å²) < 4.78 is 27.2. The van der Waals surface area contributed by atoms with E-state index in [1.54, 1.807) is 13.0 Å². The molecule has 8 nitrogen and oxygen atoms in total. The molecular formula is C18H22Cl2N4O4S. The molecule has 2 saturated heterocycles. The molecule has 4 rings (SSSR count). The van der Waals surface area contributed by atoms with Crippen LogP contribution in [0.4, 0.5) is 4.79 Å². The minimum Gasteiger partial charge on any atom is -0.323 e. The molecule has 29 heavy (non-hydrogen) atoms. The number of benzene rings is 1. The van der Waals surface area contributed by atoms with E-state index in [1.807, 2.05) is 4.90 Å². The number of amides is 3. The molecule has 2 heterocycles. The van der Waals surface area contributed by atoms with Gasteiger partial charge in [0.25, 0.3) is 5.91 Å². The Morgan fingerprint density at radius 1 is 1.14 bits per heavy atom. The van der Waals surface area contributed by atoms with Crippen molar-refractivity contribution in [3.63, 3.8) is 0 Å². The van der Waals surface area contributed by atoms with Gasteiger partial charge in [-0.15, -0.1) is 0 Å². The number of hydrogen-bond acceptors (Lipinski definition) is 5. The van der Waals surface area contributed by atoms with Crippen molar-refractivity contribution in [2.45, 2.75) is 30.2 Å². The predicted molar refractivity (Wildman–Crippen MR) is 108 cm³/mol. The minimum absolute atomic E-state index is 0.00953. The molecule has 2 aliphatic heterocycles. The zero-order chi connectivity index (χ0) is 21.0. The highest BCUT2D eigenvalue weighted by atomic mass is 35.5. The number of sulfonamides is 1. The Labute approximate surface area is 179 Å². The number of hydrogen-bond donors (Lipinski definition) is 1. The van der Waals surface area contributed by atoms with Gasteiger partial charge in [0.15, 0.2) is 0 Å². The number of piperazine rings is 1. The number of nitrogens with zero attached hydrogens (tertiary/aromatic N) is 3. The number of nitrogens with one attached hydrogen (secondary N) is 1. The molecule has 1 aliphatic carbocycles. The Balaban J connectivity index is 1.40. The van der Waals surface area contributed by atoms with Crippen LogP contribution in [-0.4, -0.2) is 72.8 Å². The number of carbonyl (C=O) groups is 2. The molecule has 0 spiro atoms. The van der Waals surface area contributed by atoms with E-state index in [-0.39, 0.29) is 52.6 Å². The highest BCUT2D eigenvalue weighted by Gasteiger charge is 2.56. The summed E-state index contributed by atoms with van der Waals surface area (Å²) in [7, 11) is -3.78. The molecule has 3 amide bonds. The molecular weight excluding hydrogens is 439 g/mol. The number of urea groups is 1.